The highest BCUT2D eigenvalue weighted by Crippen LogP contribution is 2.07. The van der Waals surface area contributed by atoms with E-state index in [4.69, 9.17) is 5.73 Å². The van der Waals surface area contributed by atoms with Crippen molar-refractivity contribution in [2.75, 3.05) is 12.4 Å². The largest absolute Gasteiger partial charge is 0.453 e. The summed E-state index contributed by atoms with van der Waals surface area (Å²) in [7, 11) is 1.24. The number of nitrogens with one attached hydrogen (secondary N) is 1. The lowest BCUT2D eigenvalue weighted by atomic mass is 10.2. The molecule has 0 unspecified atom stereocenters. The number of carbonyl (C=O) groups is 2. The highest BCUT2D eigenvalue weighted by Gasteiger charge is 2.04. The average Bonchev–Trinajstić information content (AvgIpc) is 2.18. The zero-order valence-electron chi connectivity index (χ0n) is 7.48. The number of amides is 2. The van der Waals surface area contributed by atoms with Crippen molar-refractivity contribution in [3.63, 3.8) is 0 Å². The van der Waals surface area contributed by atoms with Crippen molar-refractivity contribution in [2.24, 2.45) is 5.73 Å². The smallest absolute Gasteiger partial charge is 0.411 e. The van der Waals surface area contributed by atoms with Crippen molar-refractivity contribution in [3.8, 4) is 0 Å². The lowest BCUT2D eigenvalue weighted by Gasteiger charge is -2.03. The minimum absolute atomic E-state index is 0.221. The van der Waals surface area contributed by atoms with E-state index in [9.17, 15) is 9.59 Å². The Morgan fingerprint density at radius 1 is 1.50 bits per heavy atom. The SMILES string of the molecule is COC(=O)Nc1cncc(C(N)=O)c1. The Balaban J connectivity index is 2.83. The van der Waals surface area contributed by atoms with Crippen LogP contribution in [0.1, 0.15) is 10.4 Å². The molecule has 1 aromatic heterocycles. The molecule has 3 N–H and O–H groups in total. The number of nitrogens with two attached hydrogens (primary N) is 1. The third-order valence-corrected chi connectivity index (χ3v) is 1.45. The number of rotatable bonds is 2. The molecule has 0 radical (unpaired) electrons. The van der Waals surface area contributed by atoms with E-state index in [0.29, 0.717) is 5.69 Å². The summed E-state index contributed by atoms with van der Waals surface area (Å²) in [5.41, 5.74) is 5.60. The van der Waals surface area contributed by atoms with Crippen LogP contribution in [0.3, 0.4) is 0 Å². The Hall–Kier alpha value is -2.11. The van der Waals surface area contributed by atoms with Gasteiger partial charge in [0.1, 0.15) is 0 Å². The quantitative estimate of drug-likeness (QED) is 0.712. The number of hydrogen-bond acceptors (Lipinski definition) is 4. The predicted octanol–water partition coefficient (Wildman–Crippen LogP) is 0.359. The molecule has 1 rings (SSSR count). The zero-order valence-corrected chi connectivity index (χ0v) is 7.48. The van der Waals surface area contributed by atoms with Gasteiger partial charge in [-0.1, -0.05) is 0 Å². The van der Waals surface area contributed by atoms with Gasteiger partial charge >= 0.3 is 6.09 Å². The summed E-state index contributed by atoms with van der Waals surface area (Å²) in [4.78, 5) is 25.3. The van der Waals surface area contributed by atoms with Crippen LogP contribution in [-0.2, 0) is 4.74 Å². The van der Waals surface area contributed by atoms with E-state index in [1.165, 1.54) is 25.6 Å². The second kappa shape index (κ2) is 4.22. The van der Waals surface area contributed by atoms with Crippen LogP contribution >= 0.6 is 0 Å². The molecular formula is C8H9N3O3. The number of ether oxygens (including phenoxy) is 1. The average molecular weight is 195 g/mol. The highest BCUT2D eigenvalue weighted by atomic mass is 16.5. The zero-order chi connectivity index (χ0) is 10.6. The maximum atomic E-state index is 10.8. The molecule has 14 heavy (non-hydrogen) atoms. The molecule has 6 heteroatoms. The van der Waals surface area contributed by atoms with Crippen LogP contribution in [0.2, 0.25) is 0 Å². The third-order valence-electron chi connectivity index (χ3n) is 1.45. The molecule has 0 saturated heterocycles. The third kappa shape index (κ3) is 2.44. The molecule has 0 fully saturated rings. The van der Waals surface area contributed by atoms with E-state index < -0.39 is 12.0 Å². The molecule has 0 bridgehead atoms. The van der Waals surface area contributed by atoms with Gasteiger partial charge in [0, 0.05) is 6.20 Å². The van der Waals surface area contributed by atoms with Crippen molar-refractivity contribution < 1.29 is 14.3 Å². The second-order valence-corrected chi connectivity index (χ2v) is 2.44. The molecule has 74 valence electrons. The molecule has 1 aromatic rings. The number of nitrogens with zero attached hydrogens (tertiary/aromatic N) is 1. The van der Waals surface area contributed by atoms with Crippen LogP contribution in [0.25, 0.3) is 0 Å². The minimum atomic E-state index is -0.631. The molecule has 0 atom stereocenters. The predicted molar refractivity (Wildman–Crippen MR) is 48.8 cm³/mol. The van der Waals surface area contributed by atoms with E-state index >= 15 is 0 Å². The van der Waals surface area contributed by atoms with Gasteiger partial charge in [-0.15, -0.1) is 0 Å². The topological polar surface area (TPSA) is 94.3 Å². The normalized spacial score (nSPS) is 9.21. The Morgan fingerprint density at radius 3 is 2.79 bits per heavy atom. The van der Waals surface area contributed by atoms with Gasteiger partial charge in [0.2, 0.25) is 5.91 Å². The number of hydrogen-bond donors (Lipinski definition) is 2. The van der Waals surface area contributed by atoms with Crippen LogP contribution in [0.15, 0.2) is 18.5 Å². The van der Waals surface area contributed by atoms with Crippen LogP contribution in [0.4, 0.5) is 10.5 Å². The van der Waals surface area contributed by atoms with Gasteiger partial charge < -0.3 is 10.5 Å². The van der Waals surface area contributed by atoms with Crippen LogP contribution in [0, 0.1) is 0 Å². The van der Waals surface area contributed by atoms with Crippen molar-refractivity contribution in [1.82, 2.24) is 4.98 Å². The molecule has 0 spiro atoms. The molecule has 6 nitrogen and oxygen atoms in total. The number of pyridine rings is 1. The van der Waals surface area contributed by atoms with Crippen molar-refractivity contribution in [3.05, 3.63) is 24.0 Å². The first-order chi connectivity index (χ1) is 6.63. The van der Waals surface area contributed by atoms with Crippen LogP contribution in [0.5, 0.6) is 0 Å². The minimum Gasteiger partial charge on any atom is -0.453 e. The molecule has 0 saturated carbocycles. The highest BCUT2D eigenvalue weighted by molar-refractivity contribution is 5.94. The van der Waals surface area contributed by atoms with Gasteiger partial charge in [-0.25, -0.2) is 4.79 Å². The molecule has 0 aliphatic heterocycles. The van der Waals surface area contributed by atoms with Gasteiger partial charge in [0.25, 0.3) is 0 Å². The molecule has 1 heterocycles. The number of methoxy groups -OCH3 is 1. The Morgan fingerprint density at radius 2 is 2.21 bits per heavy atom. The molecule has 2 amide bonds. The van der Waals surface area contributed by atoms with E-state index in [-0.39, 0.29) is 5.56 Å². The van der Waals surface area contributed by atoms with Gasteiger partial charge in [-0.3, -0.25) is 15.1 Å². The summed E-state index contributed by atoms with van der Waals surface area (Å²) < 4.78 is 4.36. The van der Waals surface area contributed by atoms with Gasteiger partial charge in [0.15, 0.2) is 0 Å². The van der Waals surface area contributed by atoms with Crippen molar-refractivity contribution in [1.29, 1.82) is 0 Å². The molecule has 0 aromatic carbocycles. The Kier molecular flexibility index (Phi) is 3.01. The maximum absolute atomic E-state index is 10.8. The van der Waals surface area contributed by atoms with E-state index in [1.54, 1.807) is 0 Å². The van der Waals surface area contributed by atoms with Gasteiger partial charge in [-0.2, -0.15) is 0 Å². The van der Waals surface area contributed by atoms with E-state index in [2.05, 4.69) is 15.0 Å². The molecule has 0 aliphatic carbocycles. The molecule has 0 aliphatic rings. The van der Waals surface area contributed by atoms with Gasteiger partial charge in [-0.05, 0) is 6.07 Å². The van der Waals surface area contributed by atoms with E-state index in [1.807, 2.05) is 0 Å². The second-order valence-electron chi connectivity index (χ2n) is 2.44. The Bertz CT molecular complexity index is 365. The van der Waals surface area contributed by atoms with Crippen molar-refractivity contribution >= 4 is 17.7 Å². The number of aromatic nitrogens is 1. The molecular weight excluding hydrogens is 186 g/mol. The maximum Gasteiger partial charge on any atom is 0.411 e. The van der Waals surface area contributed by atoms with Crippen LogP contribution < -0.4 is 11.1 Å². The summed E-state index contributed by atoms with van der Waals surface area (Å²) in [6.07, 6.45) is 2.06. The lowest BCUT2D eigenvalue weighted by Crippen LogP contribution is -2.14. The first kappa shape index (κ1) is 9.97. The van der Waals surface area contributed by atoms with E-state index in [0.717, 1.165) is 0 Å². The van der Waals surface area contributed by atoms with Gasteiger partial charge in [0.05, 0.1) is 24.6 Å². The number of anilines is 1. The summed E-state index contributed by atoms with van der Waals surface area (Å²) in [5.74, 6) is -0.606. The monoisotopic (exact) mass is 195 g/mol. The number of carbonyl (C=O) groups excluding carboxylic acids is 2. The number of primary amides is 1. The summed E-state index contributed by atoms with van der Waals surface area (Å²) in [5, 5.41) is 2.36. The first-order valence-corrected chi connectivity index (χ1v) is 3.73. The fraction of sp³-hybridized carbons (Fsp3) is 0.125. The summed E-state index contributed by atoms with van der Waals surface area (Å²) >= 11 is 0. The Labute approximate surface area is 80.1 Å². The van der Waals surface area contributed by atoms with Crippen molar-refractivity contribution in [2.45, 2.75) is 0 Å². The standard InChI is InChI=1S/C8H9N3O3/c1-14-8(13)11-6-2-5(7(9)12)3-10-4-6/h2-4H,1H3,(H2,9,12)(H,11,13). The lowest BCUT2D eigenvalue weighted by molar-refractivity contribution is 0.1000. The fourth-order valence-corrected chi connectivity index (χ4v) is 0.812. The first-order valence-electron chi connectivity index (χ1n) is 3.73. The summed E-state index contributed by atoms with van der Waals surface area (Å²) in [6.45, 7) is 0. The fourth-order valence-electron chi connectivity index (χ4n) is 0.812. The summed E-state index contributed by atoms with van der Waals surface area (Å²) in [6, 6.07) is 1.41. The van der Waals surface area contributed by atoms with Crippen LogP contribution in [-0.4, -0.2) is 24.1 Å².